The summed E-state index contributed by atoms with van der Waals surface area (Å²) in [5, 5.41) is 0. The van der Waals surface area contributed by atoms with Gasteiger partial charge < -0.3 is 9.64 Å². The van der Waals surface area contributed by atoms with E-state index in [9.17, 15) is 0 Å². The maximum absolute atomic E-state index is 5.61. The third kappa shape index (κ3) is 4.59. The number of aromatic nitrogens is 2. The Hall–Kier alpha value is -2.25. The predicted octanol–water partition coefficient (Wildman–Crippen LogP) is 4.24. The van der Waals surface area contributed by atoms with E-state index in [0.717, 1.165) is 54.9 Å². The molecule has 3 heterocycles. The number of pyridine rings is 2. The van der Waals surface area contributed by atoms with Crippen molar-refractivity contribution >= 4 is 33.8 Å². The van der Waals surface area contributed by atoms with Gasteiger partial charge in [0, 0.05) is 42.8 Å². The van der Waals surface area contributed by atoms with E-state index in [1.54, 1.807) is 12.4 Å². The maximum atomic E-state index is 5.61. The van der Waals surface area contributed by atoms with Crippen molar-refractivity contribution in [3.8, 4) is 0 Å². The summed E-state index contributed by atoms with van der Waals surface area (Å²) in [6.45, 7) is 10.6. The fraction of sp³-hybridized carbons (Fsp3) is 0.429. The van der Waals surface area contributed by atoms with Crippen LogP contribution in [-0.2, 0) is 21.8 Å². The maximum Gasteiger partial charge on any atom is 0.163 e. The Morgan fingerprint density at radius 2 is 2.25 bits per heavy atom. The Balaban J connectivity index is 2.11. The minimum atomic E-state index is -0.103. The van der Waals surface area contributed by atoms with Crippen LogP contribution >= 0.6 is 0 Å². The van der Waals surface area contributed by atoms with E-state index in [0.29, 0.717) is 6.04 Å². The largest absolute Gasteiger partial charge is 0.377 e. The Bertz CT molecular complexity index is 866. The second-order valence-corrected chi connectivity index (χ2v) is 8.65. The number of hydrogen-bond donors (Lipinski definition) is 0. The van der Waals surface area contributed by atoms with Gasteiger partial charge in [-0.15, -0.1) is 0 Å². The van der Waals surface area contributed by atoms with Crippen LogP contribution in [0.5, 0.6) is 0 Å². The second kappa shape index (κ2) is 9.30. The summed E-state index contributed by atoms with van der Waals surface area (Å²) in [6.07, 6.45) is 8.64. The molecule has 2 aromatic rings. The molecule has 0 bridgehead atoms. The Labute approximate surface area is 170 Å². The van der Waals surface area contributed by atoms with Crippen molar-refractivity contribution in [3.05, 3.63) is 48.8 Å². The van der Waals surface area contributed by atoms with Gasteiger partial charge in [0.25, 0.3) is 0 Å². The SMILES string of the molecule is C=CN(c1cc(N2CCOCC2C)cc(N=S(C)C)n1)c1ncccc1CC. The number of rotatable bonds is 6. The van der Waals surface area contributed by atoms with E-state index in [2.05, 4.69) is 61.0 Å². The molecule has 0 N–H and O–H groups in total. The first-order valence-electron chi connectivity index (χ1n) is 9.55. The zero-order valence-corrected chi connectivity index (χ0v) is 17.9. The normalized spacial score (nSPS) is 16.9. The number of aryl methyl sites for hydroxylation is 1. The van der Waals surface area contributed by atoms with Crippen molar-refractivity contribution in [3.63, 3.8) is 0 Å². The molecule has 0 radical (unpaired) electrons. The van der Waals surface area contributed by atoms with Crippen molar-refractivity contribution in [1.82, 2.24) is 9.97 Å². The lowest BCUT2D eigenvalue weighted by Gasteiger charge is -2.35. The molecular weight excluding hydrogens is 370 g/mol. The van der Waals surface area contributed by atoms with Crippen LogP contribution in [0.25, 0.3) is 0 Å². The van der Waals surface area contributed by atoms with E-state index in [4.69, 9.17) is 14.1 Å². The molecule has 1 saturated heterocycles. The van der Waals surface area contributed by atoms with E-state index in [1.165, 1.54) is 0 Å². The van der Waals surface area contributed by atoms with Gasteiger partial charge in [-0.25, -0.2) is 14.3 Å². The third-order valence-corrected chi connectivity index (χ3v) is 5.22. The van der Waals surface area contributed by atoms with Crippen LogP contribution in [0, 0.1) is 0 Å². The lowest BCUT2D eigenvalue weighted by Crippen LogP contribution is -2.43. The standard InChI is InChI=1S/C21H29N5OS/c1-6-17-9-8-10-22-21(17)25(7-2)20-14-18(13-19(23-20)24-28(4)5)26-11-12-27-15-16(26)3/h7-10,13-14,16H,2,6,11-12,15H2,1,3-5H3. The van der Waals surface area contributed by atoms with Gasteiger partial charge in [-0.3, -0.25) is 4.90 Å². The lowest BCUT2D eigenvalue weighted by molar-refractivity contribution is 0.0989. The number of hydrogen-bond acceptors (Lipinski definition) is 6. The second-order valence-electron chi connectivity index (χ2n) is 6.92. The summed E-state index contributed by atoms with van der Waals surface area (Å²) in [7, 11) is -0.103. The first-order valence-corrected chi connectivity index (χ1v) is 11.5. The highest BCUT2D eigenvalue weighted by molar-refractivity contribution is 7.85. The molecule has 0 amide bonds. The first-order chi connectivity index (χ1) is 13.5. The summed E-state index contributed by atoms with van der Waals surface area (Å²) >= 11 is 0. The first kappa shape index (κ1) is 20.5. The Kier molecular flexibility index (Phi) is 6.80. The topological polar surface area (TPSA) is 53.9 Å². The van der Waals surface area contributed by atoms with Crippen molar-refractivity contribution in [2.75, 3.05) is 42.1 Å². The molecule has 0 saturated carbocycles. The average Bonchev–Trinajstić information content (AvgIpc) is 2.68. The van der Waals surface area contributed by atoms with Gasteiger partial charge in [0.2, 0.25) is 0 Å². The summed E-state index contributed by atoms with van der Waals surface area (Å²) in [4.78, 5) is 13.7. The third-order valence-electron chi connectivity index (χ3n) is 4.66. The van der Waals surface area contributed by atoms with Crippen molar-refractivity contribution < 1.29 is 4.74 Å². The highest BCUT2D eigenvalue weighted by Crippen LogP contribution is 2.33. The molecule has 7 heteroatoms. The van der Waals surface area contributed by atoms with Crippen LogP contribution in [0.4, 0.5) is 23.1 Å². The van der Waals surface area contributed by atoms with Crippen molar-refractivity contribution in [2.24, 2.45) is 4.36 Å². The summed E-state index contributed by atoms with van der Waals surface area (Å²) in [5.41, 5.74) is 2.25. The monoisotopic (exact) mass is 399 g/mol. The van der Waals surface area contributed by atoms with Gasteiger partial charge in [0.05, 0.1) is 13.2 Å². The Morgan fingerprint density at radius 3 is 2.93 bits per heavy atom. The number of anilines is 3. The smallest absolute Gasteiger partial charge is 0.163 e. The van der Waals surface area contributed by atoms with Crippen LogP contribution in [0.15, 0.2) is 47.6 Å². The number of ether oxygens (including phenoxy) is 1. The van der Waals surface area contributed by atoms with E-state index < -0.39 is 0 Å². The van der Waals surface area contributed by atoms with E-state index in [1.807, 2.05) is 11.0 Å². The highest BCUT2D eigenvalue weighted by atomic mass is 32.2. The summed E-state index contributed by atoms with van der Waals surface area (Å²) in [6, 6.07) is 8.52. The Morgan fingerprint density at radius 1 is 1.43 bits per heavy atom. The van der Waals surface area contributed by atoms with Crippen LogP contribution in [0.3, 0.4) is 0 Å². The van der Waals surface area contributed by atoms with Gasteiger partial charge in [-0.05, 0) is 37.5 Å². The quantitative estimate of drug-likeness (QED) is 0.727. The fourth-order valence-corrected chi connectivity index (χ4v) is 3.80. The summed E-state index contributed by atoms with van der Waals surface area (Å²) < 4.78 is 10.3. The molecule has 1 fully saturated rings. The molecule has 6 nitrogen and oxygen atoms in total. The number of morpholine rings is 1. The molecule has 1 aliphatic heterocycles. The minimum Gasteiger partial charge on any atom is -0.377 e. The minimum absolute atomic E-state index is 0.103. The van der Waals surface area contributed by atoms with Crippen molar-refractivity contribution in [2.45, 2.75) is 26.3 Å². The molecule has 28 heavy (non-hydrogen) atoms. The van der Waals surface area contributed by atoms with Crippen LogP contribution in [-0.4, -0.2) is 48.3 Å². The van der Waals surface area contributed by atoms with Gasteiger partial charge in [0.15, 0.2) is 5.82 Å². The van der Waals surface area contributed by atoms with Gasteiger partial charge in [-0.1, -0.05) is 30.3 Å². The zero-order valence-electron chi connectivity index (χ0n) is 17.1. The van der Waals surface area contributed by atoms with Crippen LogP contribution in [0.1, 0.15) is 19.4 Å². The number of nitrogens with zero attached hydrogens (tertiary/aromatic N) is 5. The molecule has 150 valence electrons. The molecule has 2 aromatic heterocycles. The molecule has 1 aliphatic rings. The molecule has 1 atom stereocenters. The van der Waals surface area contributed by atoms with E-state index in [-0.39, 0.29) is 10.7 Å². The van der Waals surface area contributed by atoms with Gasteiger partial charge in [0.1, 0.15) is 11.6 Å². The zero-order chi connectivity index (χ0) is 20.1. The molecule has 0 aliphatic carbocycles. The van der Waals surface area contributed by atoms with Crippen LogP contribution in [0.2, 0.25) is 0 Å². The molecule has 1 unspecified atom stereocenters. The average molecular weight is 400 g/mol. The van der Waals surface area contributed by atoms with Crippen LogP contribution < -0.4 is 9.80 Å². The molecule has 3 rings (SSSR count). The highest BCUT2D eigenvalue weighted by Gasteiger charge is 2.22. The summed E-state index contributed by atoms with van der Waals surface area (Å²) in [5.74, 6) is 2.38. The van der Waals surface area contributed by atoms with Gasteiger partial charge in [-0.2, -0.15) is 0 Å². The molecular formula is C21H29N5OS. The van der Waals surface area contributed by atoms with E-state index >= 15 is 0 Å². The molecule has 0 spiro atoms. The van der Waals surface area contributed by atoms with Crippen molar-refractivity contribution in [1.29, 1.82) is 0 Å². The lowest BCUT2D eigenvalue weighted by atomic mass is 10.2. The predicted molar refractivity (Wildman–Crippen MR) is 119 cm³/mol. The molecule has 0 aromatic carbocycles. The van der Waals surface area contributed by atoms with Gasteiger partial charge >= 0.3 is 0 Å². The fourth-order valence-electron chi connectivity index (χ4n) is 3.33.